The molecule has 0 amide bonds. The van der Waals surface area contributed by atoms with Gasteiger partial charge in [-0.3, -0.25) is 4.79 Å². The summed E-state index contributed by atoms with van der Waals surface area (Å²) >= 11 is 0. The third kappa shape index (κ3) is 2.94. The number of carbonyl (C=O) groups is 1. The van der Waals surface area contributed by atoms with Crippen LogP contribution in [0.5, 0.6) is 0 Å². The highest BCUT2D eigenvalue weighted by Crippen LogP contribution is 2.39. The van der Waals surface area contributed by atoms with Crippen molar-refractivity contribution in [2.45, 2.75) is 18.3 Å². The number of carbonyl (C=O) groups excluding carboxylic acids is 1. The first-order valence-electron chi connectivity index (χ1n) is 8.68. The van der Waals surface area contributed by atoms with Crippen LogP contribution in [0, 0.1) is 0 Å². The Labute approximate surface area is 148 Å². The first kappa shape index (κ1) is 15.6. The number of hydrogen-bond acceptors (Lipinski definition) is 1. The first-order valence-corrected chi connectivity index (χ1v) is 8.68. The number of benzene rings is 3. The molecule has 0 spiro atoms. The topological polar surface area (TPSA) is 17.1 Å². The van der Waals surface area contributed by atoms with E-state index >= 15 is 0 Å². The molecule has 0 heterocycles. The Kier molecular flexibility index (Phi) is 4.07. The molecule has 0 saturated carbocycles. The van der Waals surface area contributed by atoms with Crippen LogP contribution in [0.2, 0.25) is 0 Å². The third-order valence-corrected chi connectivity index (χ3v) is 5.06. The van der Waals surface area contributed by atoms with Gasteiger partial charge in [0.05, 0.1) is 5.41 Å². The average Bonchev–Trinajstić information content (AvgIpc) is 2.67. The van der Waals surface area contributed by atoms with Crippen LogP contribution in [-0.4, -0.2) is 5.78 Å². The molecule has 1 aliphatic carbocycles. The molecule has 0 aromatic heterocycles. The molecule has 0 atom stereocenters. The van der Waals surface area contributed by atoms with Crippen molar-refractivity contribution in [3.05, 3.63) is 113 Å². The minimum atomic E-state index is -0.548. The summed E-state index contributed by atoms with van der Waals surface area (Å²) in [6, 6.07) is 28.9. The van der Waals surface area contributed by atoms with Crippen LogP contribution in [0.15, 0.2) is 91.0 Å². The Balaban J connectivity index is 1.86. The van der Waals surface area contributed by atoms with Gasteiger partial charge in [-0.05, 0) is 41.2 Å². The van der Waals surface area contributed by atoms with Crippen molar-refractivity contribution in [3.8, 4) is 0 Å². The van der Waals surface area contributed by atoms with E-state index in [1.807, 2.05) is 54.6 Å². The Hall–Kier alpha value is -2.93. The lowest BCUT2D eigenvalue weighted by Gasteiger charge is -2.36. The molecule has 0 radical (unpaired) electrons. The Bertz CT molecular complexity index is 866. The van der Waals surface area contributed by atoms with Crippen molar-refractivity contribution < 1.29 is 4.79 Å². The monoisotopic (exact) mass is 324 g/mol. The van der Waals surface area contributed by atoms with E-state index < -0.39 is 5.41 Å². The zero-order chi connectivity index (χ0) is 17.1. The molecule has 3 aromatic carbocycles. The molecule has 0 saturated heterocycles. The molecule has 1 heteroatoms. The summed E-state index contributed by atoms with van der Waals surface area (Å²) in [5.41, 5.74) is 4.12. The van der Waals surface area contributed by atoms with Gasteiger partial charge in [-0.25, -0.2) is 0 Å². The van der Waals surface area contributed by atoms with Crippen LogP contribution in [0.25, 0.3) is 6.08 Å². The summed E-state index contributed by atoms with van der Waals surface area (Å²) in [7, 11) is 0. The summed E-state index contributed by atoms with van der Waals surface area (Å²) in [5, 5.41) is 0. The van der Waals surface area contributed by atoms with Crippen LogP contribution < -0.4 is 0 Å². The van der Waals surface area contributed by atoms with Crippen molar-refractivity contribution in [1.82, 2.24) is 0 Å². The molecule has 25 heavy (non-hydrogen) atoms. The van der Waals surface area contributed by atoms with E-state index in [0.29, 0.717) is 12.8 Å². The van der Waals surface area contributed by atoms with E-state index in [-0.39, 0.29) is 5.78 Å². The van der Waals surface area contributed by atoms with Crippen molar-refractivity contribution in [2.24, 2.45) is 0 Å². The average molecular weight is 324 g/mol. The zero-order valence-electron chi connectivity index (χ0n) is 14.1. The summed E-state index contributed by atoms with van der Waals surface area (Å²) < 4.78 is 0. The number of ketones is 1. The van der Waals surface area contributed by atoms with Gasteiger partial charge >= 0.3 is 0 Å². The van der Waals surface area contributed by atoms with Crippen LogP contribution in [0.4, 0.5) is 0 Å². The van der Waals surface area contributed by atoms with Crippen LogP contribution in [0.1, 0.15) is 22.3 Å². The number of hydrogen-bond donors (Lipinski definition) is 0. The summed E-state index contributed by atoms with van der Waals surface area (Å²) in [5.74, 6) is 0.193. The summed E-state index contributed by atoms with van der Waals surface area (Å²) in [6.07, 6.45) is 5.13. The maximum atomic E-state index is 13.2. The zero-order valence-corrected chi connectivity index (χ0v) is 14.1. The molecule has 1 nitrogen and oxygen atoms in total. The lowest BCUT2D eigenvalue weighted by Crippen LogP contribution is -2.41. The number of allylic oxidation sites excluding steroid dienone is 1. The quantitative estimate of drug-likeness (QED) is 0.659. The summed E-state index contributed by atoms with van der Waals surface area (Å²) in [6.45, 7) is 0. The minimum absolute atomic E-state index is 0.193. The van der Waals surface area contributed by atoms with Gasteiger partial charge in [0.25, 0.3) is 0 Å². The standard InChI is InChI=1S/C24H20O/c25-23-16-15-21-13-7-8-14-22(21)24(23,17-19-9-3-1-4-10-19)18-20-11-5-2-6-12-20/h1-16H,17-18H2. The smallest absolute Gasteiger partial charge is 0.166 e. The summed E-state index contributed by atoms with van der Waals surface area (Å²) in [4.78, 5) is 13.2. The van der Waals surface area contributed by atoms with E-state index in [1.165, 1.54) is 11.1 Å². The molecule has 1 aliphatic rings. The molecular formula is C24H20O. The van der Waals surface area contributed by atoms with E-state index in [2.05, 4.69) is 36.4 Å². The first-order chi connectivity index (χ1) is 12.3. The van der Waals surface area contributed by atoms with Crippen molar-refractivity contribution >= 4 is 11.9 Å². The molecule has 4 rings (SSSR count). The SMILES string of the molecule is O=C1C=Cc2ccccc2C1(Cc1ccccc1)Cc1ccccc1. The van der Waals surface area contributed by atoms with Crippen LogP contribution >= 0.6 is 0 Å². The second-order valence-electron chi connectivity index (χ2n) is 6.69. The highest BCUT2D eigenvalue weighted by atomic mass is 16.1. The lowest BCUT2D eigenvalue weighted by molar-refractivity contribution is -0.120. The molecular weight excluding hydrogens is 304 g/mol. The molecule has 0 aliphatic heterocycles. The van der Waals surface area contributed by atoms with Gasteiger partial charge in [-0.15, -0.1) is 0 Å². The normalized spacial score (nSPS) is 15.0. The Morgan fingerprint density at radius 1 is 0.600 bits per heavy atom. The number of rotatable bonds is 4. The highest BCUT2D eigenvalue weighted by Gasteiger charge is 2.41. The fourth-order valence-corrected chi connectivity index (χ4v) is 3.85. The van der Waals surface area contributed by atoms with Crippen LogP contribution in [0.3, 0.4) is 0 Å². The van der Waals surface area contributed by atoms with E-state index in [9.17, 15) is 4.79 Å². The second-order valence-corrected chi connectivity index (χ2v) is 6.69. The van der Waals surface area contributed by atoms with E-state index in [4.69, 9.17) is 0 Å². The fourth-order valence-electron chi connectivity index (χ4n) is 3.85. The predicted octanol–water partition coefficient (Wildman–Crippen LogP) is 5.01. The van der Waals surface area contributed by atoms with Gasteiger partial charge in [0.15, 0.2) is 5.78 Å². The maximum Gasteiger partial charge on any atom is 0.166 e. The Morgan fingerprint density at radius 2 is 1.12 bits per heavy atom. The van der Waals surface area contributed by atoms with Gasteiger partial charge in [0.1, 0.15) is 0 Å². The van der Waals surface area contributed by atoms with Crippen molar-refractivity contribution in [3.63, 3.8) is 0 Å². The molecule has 122 valence electrons. The molecule has 0 unspecified atom stereocenters. The molecule has 0 bridgehead atoms. The second kappa shape index (κ2) is 6.52. The third-order valence-electron chi connectivity index (χ3n) is 5.06. The fraction of sp³-hybridized carbons (Fsp3) is 0.125. The van der Waals surface area contributed by atoms with Gasteiger partial charge in [0, 0.05) is 0 Å². The van der Waals surface area contributed by atoms with Gasteiger partial charge in [0.2, 0.25) is 0 Å². The highest BCUT2D eigenvalue weighted by molar-refractivity contribution is 6.05. The maximum absolute atomic E-state index is 13.2. The molecule has 0 fully saturated rings. The van der Waals surface area contributed by atoms with Crippen molar-refractivity contribution in [2.75, 3.05) is 0 Å². The minimum Gasteiger partial charge on any atom is -0.294 e. The van der Waals surface area contributed by atoms with Gasteiger partial charge < -0.3 is 0 Å². The van der Waals surface area contributed by atoms with E-state index in [0.717, 1.165) is 11.1 Å². The van der Waals surface area contributed by atoms with Gasteiger partial charge in [-0.2, -0.15) is 0 Å². The molecule has 0 N–H and O–H groups in total. The lowest BCUT2D eigenvalue weighted by atomic mass is 9.65. The van der Waals surface area contributed by atoms with Gasteiger partial charge in [-0.1, -0.05) is 91.0 Å². The van der Waals surface area contributed by atoms with E-state index in [1.54, 1.807) is 6.08 Å². The van der Waals surface area contributed by atoms with Crippen LogP contribution in [-0.2, 0) is 23.1 Å². The number of fused-ring (bicyclic) bond motifs is 1. The van der Waals surface area contributed by atoms with Crippen molar-refractivity contribution in [1.29, 1.82) is 0 Å². The Morgan fingerprint density at radius 3 is 1.72 bits per heavy atom. The predicted molar refractivity (Wildman–Crippen MR) is 102 cm³/mol. The largest absolute Gasteiger partial charge is 0.294 e. The molecule has 3 aromatic rings.